The number of aliphatic hydroxyl groups excluding tert-OH is 1. The Morgan fingerprint density at radius 3 is 2.71 bits per heavy atom. The van der Waals surface area contributed by atoms with Crippen LogP contribution in [0.25, 0.3) is 27.7 Å². The smallest absolute Gasteiger partial charge is 0.280 e. The normalized spacial score (nSPS) is 17.5. The fraction of sp³-hybridized carbons (Fsp3) is 0.259. The second-order valence-electron chi connectivity index (χ2n) is 8.84. The Morgan fingerprint density at radius 2 is 2.00 bits per heavy atom. The minimum absolute atomic E-state index is 0.0346. The highest BCUT2D eigenvalue weighted by molar-refractivity contribution is 5.94. The van der Waals surface area contributed by atoms with Crippen LogP contribution in [-0.4, -0.2) is 45.0 Å². The first-order chi connectivity index (χ1) is 16.9. The molecule has 1 aliphatic carbocycles. The molecule has 1 amide bonds. The fourth-order valence-electron chi connectivity index (χ4n) is 4.63. The molecule has 5 rings (SSSR count). The molecule has 2 aromatic heterocycles. The van der Waals surface area contributed by atoms with Crippen LogP contribution in [0.5, 0.6) is 5.75 Å². The van der Waals surface area contributed by atoms with E-state index in [1.807, 2.05) is 37.3 Å². The fourth-order valence-corrected chi connectivity index (χ4v) is 4.63. The van der Waals surface area contributed by atoms with Gasteiger partial charge in [-0.15, -0.1) is 0 Å². The molecule has 8 nitrogen and oxygen atoms in total. The van der Waals surface area contributed by atoms with Crippen molar-refractivity contribution in [2.24, 2.45) is 0 Å². The Hall–Kier alpha value is -4.04. The number of carbonyl (C=O) groups excluding carboxylic acids is 1. The van der Waals surface area contributed by atoms with Crippen LogP contribution in [0.1, 0.15) is 35.2 Å². The zero-order chi connectivity index (χ0) is 24.5. The Balaban J connectivity index is 1.41. The molecule has 1 saturated carbocycles. The van der Waals surface area contributed by atoms with Gasteiger partial charge in [-0.25, -0.2) is 4.98 Å². The Morgan fingerprint density at radius 1 is 1.14 bits per heavy atom. The zero-order valence-corrected chi connectivity index (χ0v) is 19.6. The van der Waals surface area contributed by atoms with Gasteiger partial charge in [0.2, 0.25) is 0 Å². The molecule has 1 aliphatic rings. The van der Waals surface area contributed by atoms with E-state index in [4.69, 9.17) is 4.74 Å². The van der Waals surface area contributed by atoms with Gasteiger partial charge in [0.15, 0.2) is 5.82 Å². The van der Waals surface area contributed by atoms with Crippen LogP contribution in [0.2, 0.25) is 0 Å². The lowest BCUT2D eigenvalue weighted by atomic mass is 9.98. The van der Waals surface area contributed by atoms with Crippen molar-refractivity contribution < 1.29 is 14.6 Å². The highest BCUT2D eigenvalue weighted by Gasteiger charge is 2.24. The molecule has 2 N–H and O–H groups in total. The van der Waals surface area contributed by atoms with Gasteiger partial charge < -0.3 is 15.2 Å². The molecule has 4 aromatic rings. The molecule has 8 heteroatoms. The van der Waals surface area contributed by atoms with Gasteiger partial charge in [0.1, 0.15) is 5.75 Å². The molecule has 1 fully saturated rings. The molecule has 0 aliphatic heterocycles. The van der Waals surface area contributed by atoms with E-state index in [2.05, 4.69) is 15.4 Å². The molecule has 0 unspecified atom stereocenters. The standard InChI is InChI=1S/C27H26N4O4/c1-16-22(4-3-5-24(16)35-2)17-6-10-23-19(12-17)15-29-31(27(23)34)25-11-7-18(14-28-25)26(33)30-20-8-9-21(32)13-20/h3-7,10-12,14-15,20-21,32H,8-9,13H2,1-2H3,(H,30,33)/t20-,21-/m0/s1. The van der Waals surface area contributed by atoms with Crippen molar-refractivity contribution in [1.29, 1.82) is 0 Å². The van der Waals surface area contributed by atoms with Crippen molar-refractivity contribution in [2.75, 3.05) is 7.11 Å². The van der Waals surface area contributed by atoms with E-state index in [9.17, 15) is 14.7 Å². The number of fused-ring (bicyclic) bond motifs is 1. The van der Waals surface area contributed by atoms with Crippen LogP contribution in [-0.2, 0) is 0 Å². The summed E-state index contributed by atoms with van der Waals surface area (Å²) in [5, 5.41) is 18.1. The largest absolute Gasteiger partial charge is 0.496 e. The molecule has 2 aromatic carbocycles. The molecular weight excluding hydrogens is 444 g/mol. The zero-order valence-electron chi connectivity index (χ0n) is 19.6. The molecule has 2 atom stereocenters. The number of ether oxygens (including phenoxy) is 1. The lowest BCUT2D eigenvalue weighted by molar-refractivity contribution is 0.0933. The summed E-state index contributed by atoms with van der Waals surface area (Å²) in [5.41, 5.74) is 3.12. The average molecular weight is 471 g/mol. The van der Waals surface area contributed by atoms with Crippen LogP contribution >= 0.6 is 0 Å². The summed E-state index contributed by atoms with van der Waals surface area (Å²) < 4.78 is 6.66. The number of pyridine rings is 1. The molecule has 0 spiro atoms. The minimum Gasteiger partial charge on any atom is -0.496 e. The third-order valence-electron chi connectivity index (χ3n) is 6.57. The summed E-state index contributed by atoms with van der Waals surface area (Å²) in [6.07, 6.45) is 4.73. The van der Waals surface area contributed by atoms with Crippen LogP contribution in [0.3, 0.4) is 0 Å². The second kappa shape index (κ2) is 9.31. The van der Waals surface area contributed by atoms with Crippen molar-refractivity contribution in [1.82, 2.24) is 20.1 Å². The van der Waals surface area contributed by atoms with Gasteiger partial charge in [0.05, 0.1) is 30.4 Å². The van der Waals surface area contributed by atoms with Gasteiger partial charge in [-0.2, -0.15) is 9.78 Å². The lowest BCUT2D eigenvalue weighted by Gasteiger charge is -2.12. The van der Waals surface area contributed by atoms with Gasteiger partial charge >= 0.3 is 0 Å². The van der Waals surface area contributed by atoms with Gasteiger partial charge in [0, 0.05) is 17.6 Å². The number of nitrogens with zero attached hydrogens (tertiary/aromatic N) is 3. The summed E-state index contributed by atoms with van der Waals surface area (Å²) in [6, 6.07) is 14.7. The predicted molar refractivity (Wildman–Crippen MR) is 133 cm³/mol. The lowest BCUT2D eigenvalue weighted by Crippen LogP contribution is -2.33. The van der Waals surface area contributed by atoms with Crippen molar-refractivity contribution in [3.05, 3.63) is 82.4 Å². The van der Waals surface area contributed by atoms with Crippen molar-refractivity contribution in [2.45, 2.75) is 38.3 Å². The number of hydrogen-bond acceptors (Lipinski definition) is 6. The summed E-state index contributed by atoms with van der Waals surface area (Å²) >= 11 is 0. The maximum atomic E-state index is 13.2. The van der Waals surface area contributed by atoms with Crippen LogP contribution in [0.15, 0.2) is 65.7 Å². The second-order valence-corrected chi connectivity index (χ2v) is 8.84. The first-order valence-electron chi connectivity index (χ1n) is 11.6. The first kappa shape index (κ1) is 22.7. The highest BCUT2D eigenvalue weighted by Crippen LogP contribution is 2.31. The molecule has 35 heavy (non-hydrogen) atoms. The molecule has 0 bridgehead atoms. The number of aliphatic hydroxyl groups is 1. The third kappa shape index (κ3) is 4.40. The molecule has 0 saturated heterocycles. The van der Waals surface area contributed by atoms with Crippen LogP contribution < -0.4 is 15.6 Å². The van der Waals surface area contributed by atoms with Gasteiger partial charge in [-0.05, 0) is 73.2 Å². The maximum Gasteiger partial charge on any atom is 0.280 e. The summed E-state index contributed by atoms with van der Waals surface area (Å²) in [7, 11) is 1.65. The van der Waals surface area contributed by atoms with Crippen LogP contribution in [0.4, 0.5) is 0 Å². The molecule has 178 valence electrons. The molecule has 0 radical (unpaired) electrons. The number of methoxy groups -OCH3 is 1. The van der Waals surface area contributed by atoms with Crippen molar-refractivity contribution in [3.63, 3.8) is 0 Å². The predicted octanol–water partition coefficient (Wildman–Crippen LogP) is 3.41. The topological polar surface area (TPSA) is 106 Å². The number of amides is 1. The molecular formula is C27H26N4O4. The minimum atomic E-state index is -0.359. The SMILES string of the molecule is COc1cccc(-c2ccc3c(=O)n(-c4ccc(C(=O)N[C@H]5CC[C@H](O)C5)cn4)ncc3c2)c1C. The van der Waals surface area contributed by atoms with Gasteiger partial charge in [-0.1, -0.05) is 18.2 Å². The maximum absolute atomic E-state index is 13.2. The number of rotatable bonds is 5. The summed E-state index contributed by atoms with van der Waals surface area (Å²) in [5.74, 6) is 0.889. The van der Waals surface area contributed by atoms with E-state index in [0.717, 1.165) is 34.2 Å². The third-order valence-corrected chi connectivity index (χ3v) is 6.57. The summed E-state index contributed by atoms with van der Waals surface area (Å²) in [4.78, 5) is 29.9. The number of benzene rings is 2. The van der Waals surface area contributed by atoms with Crippen LogP contribution in [0, 0.1) is 6.92 Å². The monoisotopic (exact) mass is 470 g/mol. The van der Waals surface area contributed by atoms with Gasteiger partial charge in [0.25, 0.3) is 11.5 Å². The first-order valence-corrected chi connectivity index (χ1v) is 11.6. The molecule has 2 heterocycles. The Labute approximate surface area is 202 Å². The van der Waals surface area contributed by atoms with E-state index in [0.29, 0.717) is 29.6 Å². The van der Waals surface area contributed by atoms with E-state index in [1.54, 1.807) is 31.5 Å². The summed E-state index contributed by atoms with van der Waals surface area (Å²) in [6.45, 7) is 2.00. The number of hydrogen-bond donors (Lipinski definition) is 2. The number of carbonyl (C=O) groups is 1. The average Bonchev–Trinajstić information content (AvgIpc) is 3.28. The van der Waals surface area contributed by atoms with Gasteiger partial charge in [-0.3, -0.25) is 9.59 Å². The highest BCUT2D eigenvalue weighted by atomic mass is 16.5. The van der Waals surface area contributed by atoms with E-state index in [1.165, 1.54) is 10.9 Å². The van der Waals surface area contributed by atoms with E-state index >= 15 is 0 Å². The Kier molecular flexibility index (Phi) is 6.05. The number of aromatic nitrogens is 3. The van der Waals surface area contributed by atoms with E-state index < -0.39 is 0 Å². The van der Waals surface area contributed by atoms with Crippen molar-refractivity contribution in [3.8, 4) is 22.7 Å². The Bertz CT molecular complexity index is 1460. The number of nitrogens with one attached hydrogen (secondary N) is 1. The van der Waals surface area contributed by atoms with E-state index in [-0.39, 0.29) is 23.6 Å². The quantitative estimate of drug-likeness (QED) is 0.463. The van der Waals surface area contributed by atoms with Crippen molar-refractivity contribution >= 4 is 16.7 Å².